The molecule has 118 valence electrons. The summed E-state index contributed by atoms with van der Waals surface area (Å²) in [6, 6.07) is 6.18. The number of carbonyl (C=O) groups is 3. The molecular weight excluding hydrogens is 284 g/mol. The van der Waals surface area contributed by atoms with Crippen molar-refractivity contribution in [1.82, 2.24) is 4.90 Å². The summed E-state index contributed by atoms with van der Waals surface area (Å²) in [5.41, 5.74) is 4.92. The lowest BCUT2D eigenvalue weighted by Gasteiger charge is -2.28. The number of aliphatic carboxylic acids is 1. The first-order valence-corrected chi connectivity index (χ1v) is 7.20. The zero-order valence-electron chi connectivity index (χ0n) is 12.7. The molecule has 6 nitrogen and oxygen atoms in total. The largest absolute Gasteiger partial charge is 0.481 e. The lowest BCUT2D eigenvalue weighted by Crippen LogP contribution is -2.40. The van der Waals surface area contributed by atoms with Crippen molar-refractivity contribution in [2.45, 2.75) is 20.3 Å². The van der Waals surface area contributed by atoms with E-state index in [0.29, 0.717) is 18.5 Å². The fraction of sp³-hybridized carbons (Fsp3) is 0.438. The van der Waals surface area contributed by atoms with Gasteiger partial charge < -0.3 is 15.7 Å². The Bertz CT molecular complexity index is 626. The van der Waals surface area contributed by atoms with E-state index in [2.05, 4.69) is 0 Å². The summed E-state index contributed by atoms with van der Waals surface area (Å²) in [5.74, 6) is -1.81. The van der Waals surface area contributed by atoms with Crippen LogP contribution in [0.25, 0.3) is 0 Å². The normalized spacial score (nSPS) is 21.1. The number of hydrogen-bond acceptors (Lipinski definition) is 3. The molecule has 0 saturated carbocycles. The van der Waals surface area contributed by atoms with E-state index in [1.807, 2.05) is 13.8 Å². The van der Waals surface area contributed by atoms with Crippen molar-refractivity contribution in [3.05, 3.63) is 35.4 Å². The number of primary amides is 1. The van der Waals surface area contributed by atoms with E-state index < -0.39 is 17.3 Å². The van der Waals surface area contributed by atoms with Gasteiger partial charge in [-0.1, -0.05) is 19.9 Å². The first-order valence-electron chi connectivity index (χ1n) is 7.20. The third kappa shape index (κ3) is 2.68. The van der Waals surface area contributed by atoms with Gasteiger partial charge in [0.15, 0.2) is 0 Å². The van der Waals surface area contributed by atoms with Gasteiger partial charge in [0.1, 0.15) is 0 Å². The highest BCUT2D eigenvalue weighted by Crippen LogP contribution is 2.38. The maximum absolute atomic E-state index is 12.5. The van der Waals surface area contributed by atoms with E-state index in [9.17, 15) is 19.5 Å². The first kappa shape index (κ1) is 16.0. The first-order chi connectivity index (χ1) is 10.3. The second-order valence-electron chi connectivity index (χ2n) is 6.04. The van der Waals surface area contributed by atoms with Crippen LogP contribution < -0.4 is 5.73 Å². The Morgan fingerprint density at radius 2 is 1.91 bits per heavy atom. The summed E-state index contributed by atoms with van der Waals surface area (Å²) in [5, 5.41) is 9.52. The third-order valence-corrected chi connectivity index (χ3v) is 4.51. The van der Waals surface area contributed by atoms with Gasteiger partial charge in [0.2, 0.25) is 5.91 Å². The van der Waals surface area contributed by atoms with Gasteiger partial charge in [-0.2, -0.15) is 0 Å². The summed E-state index contributed by atoms with van der Waals surface area (Å²) in [4.78, 5) is 36.9. The molecule has 1 atom stereocenters. The van der Waals surface area contributed by atoms with E-state index in [1.165, 1.54) is 11.0 Å². The zero-order chi connectivity index (χ0) is 16.5. The molecular formula is C16H20N2O4. The Balaban J connectivity index is 2.23. The lowest BCUT2D eigenvalue weighted by atomic mass is 9.76. The molecule has 2 rings (SSSR count). The SMILES string of the molecule is CC(C)C1(C(=O)O)CCN(C(=O)c2cccc(C(N)=O)c2)C1. The van der Waals surface area contributed by atoms with Crippen molar-refractivity contribution in [3.8, 4) is 0 Å². The molecule has 0 aliphatic carbocycles. The van der Waals surface area contributed by atoms with Crippen LogP contribution >= 0.6 is 0 Å². The zero-order valence-corrected chi connectivity index (χ0v) is 12.7. The fourth-order valence-electron chi connectivity index (χ4n) is 2.89. The molecule has 1 aromatic carbocycles. The molecule has 3 N–H and O–H groups in total. The Kier molecular flexibility index (Phi) is 4.21. The van der Waals surface area contributed by atoms with Crippen LogP contribution in [0.3, 0.4) is 0 Å². The predicted molar refractivity (Wildman–Crippen MR) is 80.4 cm³/mol. The number of carbonyl (C=O) groups excluding carboxylic acids is 2. The molecule has 1 unspecified atom stereocenters. The van der Waals surface area contributed by atoms with Crippen LogP contribution in [0.1, 0.15) is 41.0 Å². The molecule has 1 aliphatic heterocycles. The van der Waals surface area contributed by atoms with Crippen LogP contribution in [-0.2, 0) is 4.79 Å². The Labute approximate surface area is 128 Å². The fourth-order valence-corrected chi connectivity index (χ4v) is 2.89. The minimum atomic E-state index is -0.906. The summed E-state index contributed by atoms with van der Waals surface area (Å²) >= 11 is 0. The average Bonchev–Trinajstić information content (AvgIpc) is 2.93. The van der Waals surface area contributed by atoms with Crippen LogP contribution in [0.2, 0.25) is 0 Å². The van der Waals surface area contributed by atoms with Gasteiger partial charge >= 0.3 is 5.97 Å². The number of nitrogens with zero attached hydrogens (tertiary/aromatic N) is 1. The predicted octanol–water partition coefficient (Wildman–Crippen LogP) is 1.36. The van der Waals surface area contributed by atoms with E-state index >= 15 is 0 Å². The van der Waals surface area contributed by atoms with Gasteiger partial charge in [-0.3, -0.25) is 14.4 Å². The molecule has 0 spiro atoms. The Hall–Kier alpha value is -2.37. The van der Waals surface area contributed by atoms with Gasteiger partial charge in [0.05, 0.1) is 5.41 Å². The van der Waals surface area contributed by atoms with Crippen LogP contribution in [0.5, 0.6) is 0 Å². The number of hydrogen-bond donors (Lipinski definition) is 2. The van der Waals surface area contributed by atoms with Gasteiger partial charge in [0.25, 0.3) is 5.91 Å². The number of carboxylic acids is 1. The summed E-state index contributed by atoms with van der Waals surface area (Å²) < 4.78 is 0. The van der Waals surface area contributed by atoms with Gasteiger partial charge in [-0.05, 0) is 30.5 Å². The van der Waals surface area contributed by atoms with E-state index in [4.69, 9.17) is 5.73 Å². The highest BCUT2D eigenvalue weighted by molar-refractivity contribution is 5.99. The van der Waals surface area contributed by atoms with Crippen molar-refractivity contribution < 1.29 is 19.5 Å². The quantitative estimate of drug-likeness (QED) is 0.877. The van der Waals surface area contributed by atoms with Crippen LogP contribution in [-0.4, -0.2) is 40.9 Å². The number of nitrogens with two attached hydrogens (primary N) is 1. The highest BCUT2D eigenvalue weighted by atomic mass is 16.4. The molecule has 1 aliphatic rings. The number of amides is 2. The van der Waals surface area contributed by atoms with Crippen molar-refractivity contribution in [3.63, 3.8) is 0 Å². The van der Waals surface area contributed by atoms with Crippen molar-refractivity contribution >= 4 is 17.8 Å². The molecule has 0 aromatic heterocycles. The lowest BCUT2D eigenvalue weighted by molar-refractivity contribution is -0.150. The molecule has 2 amide bonds. The highest BCUT2D eigenvalue weighted by Gasteiger charge is 2.48. The Morgan fingerprint density at radius 1 is 1.27 bits per heavy atom. The second kappa shape index (κ2) is 5.79. The van der Waals surface area contributed by atoms with Crippen molar-refractivity contribution in [2.24, 2.45) is 17.1 Å². The number of benzene rings is 1. The van der Waals surface area contributed by atoms with E-state index in [-0.39, 0.29) is 23.9 Å². The van der Waals surface area contributed by atoms with Crippen LogP contribution in [0.4, 0.5) is 0 Å². The topological polar surface area (TPSA) is 101 Å². The minimum absolute atomic E-state index is 0.0697. The van der Waals surface area contributed by atoms with Gasteiger partial charge in [-0.25, -0.2) is 0 Å². The summed E-state index contributed by atoms with van der Waals surface area (Å²) in [7, 11) is 0. The number of likely N-dealkylation sites (tertiary alicyclic amines) is 1. The summed E-state index contributed by atoms with van der Waals surface area (Å²) in [6.45, 7) is 4.29. The molecule has 1 saturated heterocycles. The third-order valence-electron chi connectivity index (χ3n) is 4.51. The average molecular weight is 304 g/mol. The van der Waals surface area contributed by atoms with Gasteiger partial charge in [-0.15, -0.1) is 0 Å². The standard InChI is InChI=1S/C16H20N2O4/c1-10(2)16(15(21)22)6-7-18(9-16)14(20)12-5-3-4-11(8-12)13(17)19/h3-5,8,10H,6-7,9H2,1-2H3,(H2,17,19)(H,21,22). The summed E-state index contributed by atoms with van der Waals surface area (Å²) in [6.07, 6.45) is 0.432. The smallest absolute Gasteiger partial charge is 0.311 e. The van der Waals surface area contributed by atoms with Crippen LogP contribution in [0.15, 0.2) is 24.3 Å². The second-order valence-corrected chi connectivity index (χ2v) is 6.04. The Morgan fingerprint density at radius 3 is 2.41 bits per heavy atom. The molecule has 0 bridgehead atoms. The van der Waals surface area contributed by atoms with E-state index in [0.717, 1.165) is 0 Å². The van der Waals surface area contributed by atoms with Crippen LogP contribution in [0, 0.1) is 11.3 Å². The molecule has 1 fully saturated rings. The molecule has 1 heterocycles. The van der Waals surface area contributed by atoms with Gasteiger partial charge in [0, 0.05) is 24.2 Å². The maximum Gasteiger partial charge on any atom is 0.311 e. The molecule has 6 heteroatoms. The maximum atomic E-state index is 12.5. The minimum Gasteiger partial charge on any atom is -0.481 e. The van der Waals surface area contributed by atoms with Crippen molar-refractivity contribution in [1.29, 1.82) is 0 Å². The number of rotatable bonds is 4. The molecule has 22 heavy (non-hydrogen) atoms. The number of carboxylic acid groups (broad SMARTS) is 1. The monoisotopic (exact) mass is 304 g/mol. The molecule has 1 aromatic rings. The molecule has 0 radical (unpaired) electrons. The van der Waals surface area contributed by atoms with E-state index in [1.54, 1.807) is 18.2 Å². The van der Waals surface area contributed by atoms with Crippen molar-refractivity contribution in [2.75, 3.05) is 13.1 Å².